The molecule has 0 aliphatic heterocycles. The Kier molecular flexibility index (Phi) is 6.82. The second kappa shape index (κ2) is 8.20. The number of methoxy groups -OCH3 is 1. The largest absolute Gasteiger partial charge is 0.385 e. The van der Waals surface area contributed by atoms with Crippen LogP contribution in [0, 0.1) is 5.92 Å². The van der Waals surface area contributed by atoms with E-state index in [4.69, 9.17) is 4.74 Å². The fourth-order valence-electron chi connectivity index (χ4n) is 2.09. The average Bonchev–Trinajstić information content (AvgIpc) is 2.38. The van der Waals surface area contributed by atoms with Crippen molar-refractivity contribution < 1.29 is 4.74 Å². The second-order valence-corrected chi connectivity index (χ2v) is 4.55. The third-order valence-corrected chi connectivity index (χ3v) is 3.33. The topological polar surface area (TPSA) is 34.2 Å². The Morgan fingerprint density at radius 3 is 2.59 bits per heavy atom. The molecule has 2 atom stereocenters. The van der Waals surface area contributed by atoms with Crippen LogP contribution in [0.4, 0.5) is 0 Å². The van der Waals surface area contributed by atoms with Gasteiger partial charge in [-0.15, -0.1) is 0 Å². The maximum absolute atomic E-state index is 5.13. The van der Waals surface area contributed by atoms with Gasteiger partial charge in [-0.2, -0.15) is 0 Å². The first-order chi connectivity index (χ1) is 8.27. The van der Waals surface area contributed by atoms with E-state index in [9.17, 15) is 0 Å². The zero-order chi connectivity index (χ0) is 12.5. The summed E-state index contributed by atoms with van der Waals surface area (Å²) in [6, 6.07) is 4.73. The molecule has 1 heterocycles. The summed E-state index contributed by atoms with van der Waals surface area (Å²) in [7, 11) is 3.80. The minimum absolute atomic E-state index is 0.554. The van der Waals surface area contributed by atoms with Crippen molar-refractivity contribution in [3.63, 3.8) is 0 Å². The molecular formula is C14H24N2O. The number of hydrogen-bond donors (Lipinski definition) is 1. The number of rotatable bonds is 8. The second-order valence-electron chi connectivity index (χ2n) is 4.55. The first kappa shape index (κ1) is 14.1. The average molecular weight is 236 g/mol. The van der Waals surface area contributed by atoms with Gasteiger partial charge in [-0.1, -0.05) is 6.92 Å². The van der Waals surface area contributed by atoms with Crippen LogP contribution in [0.1, 0.15) is 25.3 Å². The highest BCUT2D eigenvalue weighted by Gasteiger charge is 2.14. The lowest BCUT2D eigenvalue weighted by Crippen LogP contribution is -2.33. The summed E-state index contributed by atoms with van der Waals surface area (Å²) in [4.78, 5) is 4.04. The number of pyridine rings is 1. The molecule has 3 heteroatoms. The minimum Gasteiger partial charge on any atom is -0.385 e. The van der Waals surface area contributed by atoms with E-state index >= 15 is 0 Å². The SMILES string of the molecule is CNC(CCc1ccncc1)C(C)CCOC. The molecule has 0 aliphatic carbocycles. The Morgan fingerprint density at radius 1 is 1.29 bits per heavy atom. The van der Waals surface area contributed by atoms with E-state index in [0.29, 0.717) is 12.0 Å². The van der Waals surface area contributed by atoms with Crippen molar-refractivity contribution in [1.82, 2.24) is 10.3 Å². The van der Waals surface area contributed by atoms with Gasteiger partial charge >= 0.3 is 0 Å². The van der Waals surface area contributed by atoms with Crippen LogP contribution in [-0.4, -0.2) is 31.8 Å². The molecule has 0 saturated heterocycles. The summed E-state index contributed by atoms with van der Waals surface area (Å²) in [6.45, 7) is 3.13. The summed E-state index contributed by atoms with van der Waals surface area (Å²) in [6.07, 6.45) is 7.09. The molecule has 1 N–H and O–H groups in total. The Labute approximate surface area is 105 Å². The monoisotopic (exact) mass is 236 g/mol. The highest BCUT2D eigenvalue weighted by atomic mass is 16.5. The number of aryl methyl sites for hydroxylation is 1. The summed E-state index contributed by atoms with van der Waals surface area (Å²) in [5.74, 6) is 0.641. The Bertz CT molecular complexity index is 290. The van der Waals surface area contributed by atoms with E-state index < -0.39 is 0 Å². The van der Waals surface area contributed by atoms with Crippen molar-refractivity contribution in [2.45, 2.75) is 32.2 Å². The summed E-state index contributed by atoms with van der Waals surface area (Å²) < 4.78 is 5.13. The molecule has 96 valence electrons. The van der Waals surface area contributed by atoms with Gasteiger partial charge in [0.25, 0.3) is 0 Å². The zero-order valence-corrected chi connectivity index (χ0v) is 11.1. The predicted octanol–water partition coefficient (Wildman–Crippen LogP) is 2.27. The molecule has 1 aromatic heterocycles. The van der Waals surface area contributed by atoms with Gasteiger partial charge < -0.3 is 10.1 Å². The van der Waals surface area contributed by atoms with Gasteiger partial charge in [-0.05, 0) is 49.9 Å². The van der Waals surface area contributed by atoms with Crippen LogP contribution in [0.15, 0.2) is 24.5 Å². The molecule has 0 aliphatic rings. The Balaban J connectivity index is 2.36. The predicted molar refractivity (Wildman–Crippen MR) is 71.1 cm³/mol. The van der Waals surface area contributed by atoms with E-state index in [1.807, 2.05) is 19.4 Å². The zero-order valence-electron chi connectivity index (χ0n) is 11.1. The van der Waals surface area contributed by atoms with Crippen LogP contribution in [0.2, 0.25) is 0 Å². The number of hydrogen-bond acceptors (Lipinski definition) is 3. The molecular weight excluding hydrogens is 212 g/mol. The molecule has 17 heavy (non-hydrogen) atoms. The molecule has 0 fully saturated rings. The molecule has 2 unspecified atom stereocenters. The van der Waals surface area contributed by atoms with Gasteiger partial charge in [0.1, 0.15) is 0 Å². The summed E-state index contributed by atoms with van der Waals surface area (Å²) >= 11 is 0. The molecule has 0 aromatic carbocycles. The smallest absolute Gasteiger partial charge is 0.0465 e. The Hall–Kier alpha value is -0.930. The van der Waals surface area contributed by atoms with Gasteiger partial charge in [-0.25, -0.2) is 0 Å². The standard InChI is InChI=1S/C14H24N2O/c1-12(8-11-17-3)14(15-2)5-4-13-6-9-16-10-7-13/h6-7,9-10,12,14-15H,4-5,8,11H2,1-3H3. The van der Waals surface area contributed by atoms with Crippen LogP contribution < -0.4 is 5.32 Å². The first-order valence-electron chi connectivity index (χ1n) is 6.33. The van der Waals surface area contributed by atoms with Crippen molar-refractivity contribution in [2.24, 2.45) is 5.92 Å². The first-order valence-corrected chi connectivity index (χ1v) is 6.33. The number of nitrogens with zero attached hydrogens (tertiary/aromatic N) is 1. The van der Waals surface area contributed by atoms with Gasteiger partial charge in [0.05, 0.1) is 0 Å². The highest BCUT2D eigenvalue weighted by Crippen LogP contribution is 2.14. The molecule has 0 spiro atoms. The fourth-order valence-corrected chi connectivity index (χ4v) is 2.09. The van der Waals surface area contributed by atoms with E-state index in [-0.39, 0.29) is 0 Å². The van der Waals surface area contributed by atoms with Crippen molar-refractivity contribution >= 4 is 0 Å². The van der Waals surface area contributed by atoms with E-state index in [0.717, 1.165) is 25.9 Å². The number of nitrogens with one attached hydrogen (secondary N) is 1. The van der Waals surface area contributed by atoms with E-state index in [2.05, 4.69) is 29.4 Å². The Morgan fingerprint density at radius 2 is 2.00 bits per heavy atom. The van der Waals surface area contributed by atoms with Crippen LogP contribution in [0.25, 0.3) is 0 Å². The number of ether oxygens (including phenoxy) is 1. The maximum Gasteiger partial charge on any atom is 0.0465 e. The molecule has 1 rings (SSSR count). The van der Waals surface area contributed by atoms with Crippen LogP contribution >= 0.6 is 0 Å². The van der Waals surface area contributed by atoms with Crippen LogP contribution in [-0.2, 0) is 11.2 Å². The number of aromatic nitrogens is 1. The molecule has 0 amide bonds. The van der Waals surface area contributed by atoms with Crippen LogP contribution in [0.5, 0.6) is 0 Å². The molecule has 0 bridgehead atoms. The van der Waals surface area contributed by atoms with Crippen molar-refractivity contribution in [3.8, 4) is 0 Å². The molecule has 1 aromatic rings. The third-order valence-electron chi connectivity index (χ3n) is 3.33. The molecule has 3 nitrogen and oxygen atoms in total. The van der Waals surface area contributed by atoms with Gasteiger partial charge in [0, 0.05) is 32.2 Å². The van der Waals surface area contributed by atoms with Gasteiger partial charge in [-0.3, -0.25) is 4.98 Å². The van der Waals surface area contributed by atoms with Gasteiger partial charge in [0.2, 0.25) is 0 Å². The fraction of sp³-hybridized carbons (Fsp3) is 0.643. The maximum atomic E-state index is 5.13. The van der Waals surface area contributed by atoms with Crippen molar-refractivity contribution in [3.05, 3.63) is 30.1 Å². The normalized spacial score (nSPS) is 14.5. The van der Waals surface area contributed by atoms with E-state index in [1.54, 1.807) is 7.11 Å². The highest BCUT2D eigenvalue weighted by molar-refractivity contribution is 5.09. The summed E-state index contributed by atoms with van der Waals surface area (Å²) in [5, 5.41) is 3.41. The van der Waals surface area contributed by atoms with Crippen LogP contribution in [0.3, 0.4) is 0 Å². The third kappa shape index (κ3) is 5.29. The molecule has 0 saturated carbocycles. The lowest BCUT2D eigenvalue weighted by molar-refractivity contribution is 0.170. The van der Waals surface area contributed by atoms with E-state index in [1.165, 1.54) is 5.56 Å². The molecule has 0 radical (unpaired) electrons. The van der Waals surface area contributed by atoms with Crippen molar-refractivity contribution in [1.29, 1.82) is 0 Å². The van der Waals surface area contributed by atoms with Crippen molar-refractivity contribution in [2.75, 3.05) is 20.8 Å². The minimum atomic E-state index is 0.554. The lowest BCUT2D eigenvalue weighted by Gasteiger charge is -2.23. The summed E-state index contributed by atoms with van der Waals surface area (Å²) in [5.41, 5.74) is 1.36. The van der Waals surface area contributed by atoms with Gasteiger partial charge in [0.15, 0.2) is 0 Å². The quantitative estimate of drug-likeness (QED) is 0.752. The lowest BCUT2D eigenvalue weighted by atomic mass is 9.93.